The second-order valence-electron chi connectivity index (χ2n) is 4.80. The maximum absolute atomic E-state index is 13.1. The predicted octanol–water partition coefficient (Wildman–Crippen LogP) is 3.78. The summed E-state index contributed by atoms with van der Waals surface area (Å²) in [5, 5.41) is 0. The zero-order valence-electron chi connectivity index (χ0n) is 11.7. The second-order valence-corrected chi connectivity index (χ2v) is 4.80. The quantitative estimate of drug-likeness (QED) is 0.787. The van der Waals surface area contributed by atoms with Gasteiger partial charge in [-0.05, 0) is 38.4 Å². The number of ketones is 1. The Morgan fingerprint density at radius 3 is 2.33 bits per heavy atom. The zero-order valence-corrected chi connectivity index (χ0v) is 12.5. The molecular formula is C15H16ClF2NO2. The molecule has 0 radical (unpaired) electrons. The summed E-state index contributed by atoms with van der Waals surface area (Å²) >= 11 is 0. The van der Waals surface area contributed by atoms with Crippen molar-refractivity contribution in [2.75, 3.05) is 20.6 Å². The summed E-state index contributed by atoms with van der Waals surface area (Å²) in [7, 11) is 3.74. The molecule has 0 amide bonds. The molecule has 0 aliphatic rings. The smallest absolute Gasteiger partial charge is 0.199 e. The Labute approximate surface area is 128 Å². The van der Waals surface area contributed by atoms with Crippen LogP contribution in [0.3, 0.4) is 0 Å². The molecule has 0 aliphatic heterocycles. The number of carbonyl (C=O) groups excluding carboxylic acids is 1. The lowest BCUT2D eigenvalue weighted by Gasteiger charge is -2.06. The van der Waals surface area contributed by atoms with Crippen LogP contribution in [-0.4, -0.2) is 31.3 Å². The molecule has 0 bridgehead atoms. The van der Waals surface area contributed by atoms with Gasteiger partial charge in [0.1, 0.15) is 17.4 Å². The van der Waals surface area contributed by atoms with Crippen LogP contribution in [0.1, 0.15) is 17.0 Å². The first-order valence-corrected chi connectivity index (χ1v) is 6.20. The number of hydrogen-bond donors (Lipinski definition) is 0. The Morgan fingerprint density at radius 1 is 1.14 bits per heavy atom. The maximum Gasteiger partial charge on any atom is 0.199 e. The van der Waals surface area contributed by atoms with Gasteiger partial charge in [-0.2, -0.15) is 0 Å². The van der Waals surface area contributed by atoms with Gasteiger partial charge in [-0.15, -0.1) is 12.4 Å². The van der Waals surface area contributed by atoms with Crippen molar-refractivity contribution in [3.05, 3.63) is 47.7 Å². The number of furan rings is 1. The summed E-state index contributed by atoms with van der Waals surface area (Å²) in [6, 6.07) is 6.18. The monoisotopic (exact) mass is 315 g/mol. The van der Waals surface area contributed by atoms with Crippen molar-refractivity contribution in [1.82, 2.24) is 4.90 Å². The first-order valence-electron chi connectivity index (χ1n) is 6.20. The average molecular weight is 316 g/mol. The van der Waals surface area contributed by atoms with Crippen LogP contribution in [-0.2, 0) is 0 Å². The lowest BCUT2D eigenvalue weighted by Crippen LogP contribution is -2.16. The van der Waals surface area contributed by atoms with Gasteiger partial charge in [0.25, 0.3) is 0 Å². The minimum atomic E-state index is -0.683. The van der Waals surface area contributed by atoms with Crippen LogP contribution in [0.25, 0.3) is 11.3 Å². The minimum Gasteiger partial charge on any atom is -0.453 e. The summed E-state index contributed by atoms with van der Waals surface area (Å²) in [6.07, 6.45) is 0.331. The zero-order chi connectivity index (χ0) is 14.7. The number of halogens is 3. The standard InChI is InChI=1S/C15H15F2NO2.ClH/c1-18(2)6-5-13(19)15-4-3-14(20-15)10-7-11(16)9-12(17)8-10;/h3-4,7-9H,5-6H2,1-2H3;1H. The topological polar surface area (TPSA) is 33.5 Å². The number of carbonyl (C=O) groups is 1. The van der Waals surface area contributed by atoms with Crippen molar-refractivity contribution in [2.45, 2.75) is 6.42 Å². The highest BCUT2D eigenvalue weighted by atomic mass is 35.5. The van der Waals surface area contributed by atoms with E-state index in [1.165, 1.54) is 12.1 Å². The molecule has 0 spiro atoms. The number of Topliss-reactive ketones (excluding diaryl/α,β-unsaturated/α-hetero) is 1. The van der Waals surface area contributed by atoms with Crippen molar-refractivity contribution in [3.8, 4) is 11.3 Å². The van der Waals surface area contributed by atoms with E-state index in [0.717, 1.165) is 18.2 Å². The third-order valence-electron chi connectivity index (χ3n) is 2.81. The van der Waals surface area contributed by atoms with Crippen LogP contribution < -0.4 is 0 Å². The Balaban J connectivity index is 0.00000220. The Bertz CT molecular complexity index is 606. The van der Waals surface area contributed by atoms with E-state index < -0.39 is 11.6 Å². The molecule has 0 N–H and O–H groups in total. The molecule has 0 saturated carbocycles. The molecule has 1 aromatic carbocycles. The summed E-state index contributed by atoms with van der Waals surface area (Å²) in [5.41, 5.74) is 0.272. The Hall–Kier alpha value is -1.72. The fourth-order valence-electron chi connectivity index (χ4n) is 1.79. The first-order chi connectivity index (χ1) is 9.45. The van der Waals surface area contributed by atoms with Crippen LogP contribution >= 0.6 is 12.4 Å². The van der Waals surface area contributed by atoms with E-state index in [9.17, 15) is 13.6 Å². The van der Waals surface area contributed by atoms with Gasteiger partial charge < -0.3 is 9.32 Å². The molecule has 1 aromatic heterocycles. The SMILES string of the molecule is CN(C)CCC(=O)c1ccc(-c2cc(F)cc(F)c2)o1.Cl. The molecular weight excluding hydrogens is 300 g/mol. The molecule has 0 fully saturated rings. The van der Waals surface area contributed by atoms with Gasteiger partial charge in [-0.25, -0.2) is 8.78 Å². The molecule has 0 atom stereocenters. The highest BCUT2D eigenvalue weighted by molar-refractivity contribution is 5.94. The highest BCUT2D eigenvalue weighted by Gasteiger charge is 2.13. The van der Waals surface area contributed by atoms with E-state index >= 15 is 0 Å². The first kappa shape index (κ1) is 17.3. The Kier molecular flexibility index (Phi) is 6.05. The van der Waals surface area contributed by atoms with Crippen molar-refractivity contribution in [3.63, 3.8) is 0 Å². The van der Waals surface area contributed by atoms with Crippen LogP contribution in [0.4, 0.5) is 8.78 Å². The van der Waals surface area contributed by atoms with Crippen molar-refractivity contribution >= 4 is 18.2 Å². The van der Waals surface area contributed by atoms with Gasteiger partial charge in [0.05, 0.1) is 0 Å². The predicted molar refractivity (Wildman–Crippen MR) is 78.8 cm³/mol. The molecule has 0 saturated heterocycles. The van der Waals surface area contributed by atoms with E-state index in [2.05, 4.69) is 0 Å². The van der Waals surface area contributed by atoms with Crippen LogP contribution in [0.2, 0.25) is 0 Å². The molecule has 0 unspecified atom stereocenters. The minimum absolute atomic E-state index is 0. The van der Waals surface area contributed by atoms with Crippen LogP contribution in [0.15, 0.2) is 34.7 Å². The van der Waals surface area contributed by atoms with E-state index in [-0.39, 0.29) is 35.3 Å². The number of benzene rings is 1. The van der Waals surface area contributed by atoms with Gasteiger partial charge >= 0.3 is 0 Å². The number of rotatable bonds is 5. The lowest BCUT2D eigenvalue weighted by molar-refractivity contribution is 0.0946. The van der Waals surface area contributed by atoms with Gasteiger partial charge in [0.2, 0.25) is 0 Å². The molecule has 2 aromatic rings. The summed E-state index contributed by atoms with van der Waals surface area (Å²) in [6.45, 7) is 0.615. The molecule has 3 nitrogen and oxygen atoms in total. The third-order valence-corrected chi connectivity index (χ3v) is 2.81. The van der Waals surface area contributed by atoms with Crippen molar-refractivity contribution < 1.29 is 18.0 Å². The van der Waals surface area contributed by atoms with Crippen molar-refractivity contribution in [2.24, 2.45) is 0 Å². The van der Waals surface area contributed by atoms with E-state index in [0.29, 0.717) is 13.0 Å². The third kappa shape index (κ3) is 4.65. The Morgan fingerprint density at radius 2 is 1.76 bits per heavy atom. The van der Waals surface area contributed by atoms with E-state index in [1.807, 2.05) is 19.0 Å². The molecule has 2 rings (SSSR count). The fourth-order valence-corrected chi connectivity index (χ4v) is 1.79. The fraction of sp³-hybridized carbons (Fsp3) is 0.267. The second kappa shape index (κ2) is 7.33. The number of nitrogens with zero attached hydrogens (tertiary/aromatic N) is 1. The molecule has 1 heterocycles. The van der Waals surface area contributed by atoms with Gasteiger partial charge in [-0.3, -0.25) is 4.79 Å². The molecule has 114 valence electrons. The van der Waals surface area contributed by atoms with Gasteiger partial charge in [0, 0.05) is 24.6 Å². The average Bonchev–Trinajstić information content (AvgIpc) is 2.84. The van der Waals surface area contributed by atoms with Gasteiger partial charge in [-0.1, -0.05) is 0 Å². The highest BCUT2D eigenvalue weighted by Crippen LogP contribution is 2.24. The molecule has 0 aliphatic carbocycles. The molecule has 6 heteroatoms. The van der Waals surface area contributed by atoms with E-state index in [1.54, 1.807) is 0 Å². The van der Waals surface area contributed by atoms with Crippen LogP contribution in [0, 0.1) is 11.6 Å². The summed E-state index contributed by atoms with van der Waals surface area (Å²) in [5.74, 6) is -1.03. The normalized spacial score (nSPS) is 10.5. The van der Waals surface area contributed by atoms with Crippen LogP contribution in [0.5, 0.6) is 0 Å². The van der Waals surface area contributed by atoms with Gasteiger partial charge in [0.15, 0.2) is 11.5 Å². The summed E-state index contributed by atoms with van der Waals surface area (Å²) < 4.78 is 31.6. The van der Waals surface area contributed by atoms with Crippen molar-refractivity contribution in [1.29, 1.82) is 0 Å². The summed E-state index contributed by atoms with van der Waals surface area (Å²) in [4.78, 5) is 13.8. The van der Waals surface area contributed by atoms with E-state index in [4.69, 9.17) is 4.42 Å². The lowest BCUT2D eigenvalue weighted by atomic mass is 10.1. The maximum atomic E-state index is 13.1. The molecule has 21 heavy (non-hydrogen) atoms. The number of hydrogen-bond acceptors (Lipinski definition) is 3. The largest absolute Gasteiger partial charge is 0.453 e.